The molecule has 0 spiro atoms. The SMILES string of the molecule is COc1cc(C(=O)N2CCC(C)(CN)CC2)ccc1C. The molecule has 2 N–H and O–H groups in total. The molecule has 0 aromatic heterocycles. The summed E-state index contributed by atoms with van der Waals surface area (Å²) in [6, 6.07) is 5.63. The van der Waals surface area contributed by atoms with Gasteiger partial charge in [0.1, 0.15) is 5.75 Å². The van der Waals surface area contributed by atoms with E-state index in [1.54, 1.807) is 7.11 Å². The molecule has 0 aliphatic carbocycles. The molecule has 4 heteroatoms. The van der Waals surface area contributed by atoms with Gasteiger partial charge in [-0.3, -0.25) is 4.79 Å². The molecule has 1 amide bonds. The van der Waals surface area contributed by atoms with E-state index < -0.39 is 0 Å². The number of benzene rings is 1. The first-order chi connectivity index (χ1) is 9.49. The number of nitrogens with two attached hydrogens (primary N) is 1. The highest BCUT2D eigenvalue weighted by atomic mass is 16.5. The largest absolute Gasteiger partial charge is 0.496 e. The first kappa shape index (κ1) is 14.9. The van der Waals surface area contributed by atoms with E-state index in [9.17, 15) is 4.79 Å². The molecular weight excluding hydrogens is 252 g/mol. The number of rotatable bonds is 3. The summed E-state index contributed by atoms with van der Waals surface area (Å²) in [7, 11) is 1.63. The van der Waals surface area contributed by atoms with Gasteiger partial charge < -0.3 is 15.4 Å². The first-order valence-electron chi connectivity index (χ1n) is 7.13. The van der Waals surface area contributed by atoms with Gasteiger partial charge in [0.15, 0.2) is 0 Å². The number of carbonyl (C=O) groups is 1. The molecule has 0 bridgehead atoms. The lowest BCUT2D eigenvalue weighted by atomic mass is 9.80. The number of likely N-dealkylation sites (tertiary alicyclic amines) is 1. The van der Waals surface area contributed by atoms with Crippen LogP contribution in [0.15, 0.2) is 18.2 Å². The van der Waals surface area contributed by atoms with Crippen molar-refractivity contribution in [3.63, 3.8) is 0 Å². The second-order valence-electron chi connectivity index (χ2n) is 5.99. The Hall–Kier alpha value is -1.55. The molecule has 1 aliphatic rings. The zero-order valence-corrected chi connectivity index (χ0v) is 12.6. The predicted octanol–water partition coefficient (Wildman–Crippen LogP) is 2.20. The van der Waals surface area contributed by atoms with Gasteiger partial charge in [-0.05, 0) is 49.4 Å². The maximum atomic E-state index is 12.5. The fourth-order valence-corrected chi connectivity index (χ4v) is 2.59. The highest BCUT2D eigenvalue weighted by molar-refractivity contribution is 5.94. The van der Waals surface area contributed by atoms with Gasteiger partial charge in [0.05, 0.1) is 7.11 Å². The monoisotopic (exact) mass is 276 g/mol. The summed E-state index contributed by atoms with van der Waals surface area (Å²) < 4.78 is 5.29. The minimum atomic E-state index is 0.0855. The Kier molecular flexibility index (Phi) is 4.33. The zero-order valence-electron chi connectivity index (χ0n) is 12.6. The standard InChI is InChI=1S/C16H24N2O2/c1-12-4-5-13(10-14(12)20-3)15(19)18-8-6-16(2,11-17)7-9-18/h4-5,10H,6-9,11,17H2,1-3H3. The van der Waals surface area contributed by atoms with E-state index in [1.807, 2.05) is 30.0 Å². The lowest BCUT2D eigenvalue weighted by Crippen LogP contribution is -2.44. The van der Waals surface area contributed by atoms with Crippen molar-refractivity contribution in [1.29, 1.82) is 0 Å². The van der Waals surface area contributed by atoms with Gasteiger partial charge in [0, 0.05) is 18.7 Å². The smallest absolute Gasteiger partial charge is 0.253 e. The van der Waals surface area contributed by atoms with Crippen molar-refractivity contribution in [2.75, 3.05) is 26.7 Å². The summed E-state index contributed by atoms with van der Waals surface area (Å²) in [6.45, 7) is 6.42. The lowest BCUT2D eigenvalue weighted by Gasteiger charge is -2.38. The van der Waals surface area contributed by atoms with Crippen LogP contribution in [-0.4, -0.2) is 37.6 Å². The van der Waals surface area contributed by atoms with Gasteiger partial charge in [0.25, 0.3) is 5.91 Å². The van der Waals surface area contributed by atoms with Crippen molar-refractivity contribution >= 4 is 5.91 Å². The van der Waals surface area contributed by atoms with Crippen LogP contribution < -0.4 is 10.5 Å². The number of piperidine rings is 1. The van der Waals surface area contributed by atoms with E-state index >= 15 is 0 Å². The molecule has 0 radical (unpaired) electrons. The number of carbonyl (C=O) groups excluding carboxylic acids is 1. The number of hydrogen-bond donors (Lipinski definition) is 1. The summed E-state index contributed by atoms with van der Waals surface area (Å²) in [5.41, 5.74) is 7.73. The number of methoxy groups -OCH3 is 1. The second kappa shape index (κ2) is 5.83. The maximum absolute atomic E-state index is 12.5. The van der Waals surface area contributed by atoms with E-state index in [4.69, 9.17) is 10.5 Å². The fraction of sp³-hybridized carbons (Fsp3) is 0.562. The normalized spacial score (nSPS) is 17.9. The van der Waals surface area contributed by atoms with Gasteiger partial charge in [-0.2, -0.15) is 0 Å². The number of hydrogen-bond acceptors (Lipinski definition) is 3. The van der Waals surface area contributed by atoms with Crippen LogP contribution in [0.1, 0.15) is 35.7 Å². The van der Waals surface area contributed by atoms with Crippen molar-refractivity contribution in [3.05, 3.63) is 29.3 Å². The zero-order chi connectivity index (χ0) is 14.8. The highest BCUT2D eigenvalue weighted by Gasteiger charge is 2.31. The Labute approximate surface area is 120 Å². The highest BCUT2D eigenvalue weighted by Crippen LogP contribution is 2.30. The molecular formula is C16H24N2O2. The molecule has 1 aliphatic heterocycles. The average molecular weight is 276 g/mol. The van der Waals surface area contributed by atoms with Crippen LogP contribution in [0.4, 0.5) is 0 Å². The van der Waals surface area contributed by atoms with Crippen LogP contribution in [-0.2, 0) is 0 Å². The topological polar surface area (TPSA) is 55.6 Å². The summed E-state index contributed by atoms with van der Waals surface area (Å²) in [6.07, 6.45) is 1.94. The first-order valence-corrected chi connectivity index (χ1v) is 7.13. The van der Waals surface area contributed by atoms with Crippen LogP contribution in [0.2, 0.25) is 0 Å². The van der Waals surface area contributed by atoms with Crippen LogP contribution in [0.3, 0.4) is 0 Å². The van der Waals surface area contributed by atoms with Crippen LogP contribution in [0.5, 0.6) is 5.75 Å². The van der Waals surface area contributed by atoms with Gasteiger partial charge in [-0.15, -0.1) is 0 Å². The molecule has 1 heterocycles. The second-order valence-corrected chi connectivity index (χ2v) is 5.99. The van der Waals surface area contributed by atoms with Gasteiger partial charge in [-0.25, -0.2) is 0 Å². The third-order valence-electron chi connectivity index (χ3n) is 4.41. The minimum absolute atomic E-state index is 0.0855. The predicted molar refractivity (Wildman–Crippen MR) is 80.0 cm³/mol. The summed E-state index contributed by atoms with van der Waals surface area (Å²) in [5, 5.41) is 0. The molecule has 2 rings (SSSR count). The van der Waals surface area contributed by atoms with Crippen molar-refractivity contribution < 1.29 is 9.53 Å². The molecule has 1 aromatic carbocycles. The van der Waals surface area contributed by atoms with Gasteiger partial charge in [0.2, 0.25) is 0 Å². The Balaban J connectivity index is 2.09. The minimum Gasteiger partial charge on any atom is -0.496 e. The van der Waals surface area contributed by atoms with Gasteiger partial charge in [-0.1, -0.05) is 13.0 Å². The third-order valence-corrected chi connectivity index (χ3v) is 4.41. The third kappa shape index (κ3) is 2.96. The molecule has 0 atom stereocenters. The van der Waals surface area contributed by atoms with Crippen molar-refractivity contribution in [1.82, 2.24) is 4.90 Å². The van der Waals surface area contributed by atoms with Gasteiger partial charge >= 0.3 is 0 Å². The van der Waals surface area contributed by atoms with E-state index in [0.717, 1.165) is 37.2 Å². The molecule has 1 fully saturated rings. The number of nitrogens with zero attached hydrogens (tertiary/aromatic N) is 1. The van der Waals surface area contributed by atoms with Crippen molar-refractivity contribution in [3.8, 4) is 5.75 Å². The molecule has 0 saturated carbocycles. The summed E-state index contributed by atoms with van der Waals surface area (Å²) in [4.78, 5) is 14.4. The van der Waals surface area contributed by atoms with Crippen molar-refractivity contribution in [2.24, 2.45) is 11.1 Å². The molecule has 1 saturated heterocycles. The molecule has 20 heavy (non-hydrogen) atoms. The van der Waals surface area contributed by atoms with E-state index in [-0.39, 0.29) is 11.3 Å². The van der Waals surface area contributed by atoms with Crippen molar-refractivity contribution in [2.45, 2.75) is 26.7 Å². The van der Waals surface area contributed by atoms with Crippen LogP contribution in [0.25, 0.3) is 0 Å². The average Bonchev–Trinajstić information content (AvgIpc) is 2.48. The summed E-state index contributed by atoms with van der Waals surface area (Å²) in [5.74, 6) is 0.849. The Morgan fingerprint density at radius 1 is 1.40 bits per heavy atom. The Bertz CT molecular complexity index is 491. The lowest BCUT2D eigenvalue weighted by molar-refractivity contribution is 0.0617. The quantitative estimate of drug-likeness (QED) is 0.921. The number of ether oxygens (including phenoxy) is 1. The molecule has 4 nitrogen and oxygen atoms in total. The van der Waals surface area contributed by atoms with E-state index in [0.29, 0.717) is 12.1 Å². The molecule has 110 valence electrons. The Morgan fingerprint density at radius 2 is 2.05 bits per heavy atom. The molecule has 1 aromatic rings. The fourth-order valence-electron chi connectivity index (χ4n) is 2.59. The summed E-state index contributed by atoms with van der Waals surface area (Å²) >= 11 is 0. The molecule has 0 unspecified atom stereocenters. The van der Waals surface area contributed by atoms with E-state index in [2.05, 4.69) is 6.92 Å². The van der Waals surface area contributed by atoms with E-state index in [1.165, 1.54) is 0 Å². The van der Waals surface area contributed by atoms with Crippen LogP contribution in [0, 0.1) is 12.3 Å². The van der Waals surface area contributed by atoms with Crippen LogP contribution >= 0.6 is 0 Å². The maximum Gasteiger partial charge on any atom is 0.253 e. The Morgan fingerprint density at radius 3 is 2.60 bits per heavy atom. The number of aryl methyl sites for hydroxylation is 1. The number of amides is 1.